The molecule has 0 aromatic heterocycles. The first-order valence-corrected chi connectivity index (χ1v) is 19.2. The summed E-state index contributed by atoms with van der Waals surface area (Å²) >= 11 is 0. The smallest absolute Gasteiger partial charge is 0.220 e. The van der Waals surface area contributed by atoms with Gasteiger partial charge in [0.15, 0.2) is 6.29 Å². The molecule has 46 heavy (non-hydrogen) atoms. The van der Waals surface area contributed by atoms with Crippen LogP contribution in [0.5, 0.6) is 0 Å². The van der Waals surface area contributed by atoms with Gasteiger partial charge in [-0.2, -0.15) is 0 Å². The summed E-state index contributed by atoms with van der Waals surface area (Å²) in [6.45, 7) is 3.80. The molecule has 9 heteroatoms. The van der Waals surface area contributed by atoms with E-state index < -0.39 is 49.5 Å². The van der Waals surface area contributed by atoms with Crippen molar-refractivity contribution in [3.8, 4) is 0 Å². The fourth-order valence-corrected chi connectivity index (χ4v) is 6.28. The Balaban J connectivity index is 2.42. The Bertz CT molecular complexity index is 696. The molecule has 1 amide bonds. The zero-order chi connectivity index (χ0) is 33.8. The van der Waals surface area contributed by atoms with Crippen LogP contribution in [0, 0.1) is 0 Å². The molecule has 0 aliphatic carbocycles. The van der Waals surface area contributed by atoms with Gasteiger partial charge in [0.05, 0.1) is 25.4 Å². The van der Waals surface area contributed by atoms with E-state index in [1.807, 2.05) is 0 Å². The molecule has 1 rings (SSSR count). The van der Waals surface area contributed by atoms with Crippen LogP contribution in [0.1, 0.15) is 174 Å². The van der Waals surface area contributed by atoms with Crippen molar-refractivity contribution in [2.45, 2.75) is 217 Å². The molecule has 7 atom stereocenters. The summed E-state index contributed by atoms with van der Waals surface area (Å²) in [5.74, 6) is -0.146. The van der Waals surface area contributed by atoms with E-state index in [1.54, 1.807) is 0 Å². The summed E-state index contributed by atoms with van der Waals surface area (Å²) in [6.07, 6.45) is 21.1. The number of amides is 1. The van der Waals surface area contributed by atoms with Gasteiger partial charge in [0, 0.05) is 6.42 Å². The van der Waals surface area contributed by atoms with Crippen LogP contribution in [-0.4, -0.2) is 87.5 Å². The van der Waals surface area contributed by atoms with E-state index in [0.29, 0.717) is 12.8 Å². The zero-order valence-corrected chi connectivity index (χ0v) is 29.6. The molecule has 1 fully saturated rings. The van der Waals surface area contributed by atoms with Crippen LogP contribution in [0.15, 0.2) is 0 Å². The molecule has 0 radical (unpaired) electrons. The lowest BCUT2D eigenvalue weighted by Crippen LogP contribution is -2.60. The third-order valence-corrected chi connectivity index (χ3v) is 9.46. The van der Waals surface area contributed by atoms with Crippen LogP contribution in [0.4, 0.5) is 0 Å². The van der Waals surface area contributed by atoms with E-state index in [-0.39, 0.29) is 12.5 Å². The fraction of sp³-hybridized carbons (Fsp3) is 0.973. The van der Waals surface area contributed by atoms with Crippen LogP contribution < -0.4 is 5.32 Å². The van der Waals surface area contributed by atoms with E-state index in [2.05, 4.69) is 19.2 Å². The second kappa shape index (κ2) is 29.1. The standard InChI is InChI=1S/C37H73NO8/c1-3-5-7-9-11-13-15-17-19-21-23-25-27-33(41)38-30(29-45-37-36(44)35(43)34(42)32(28-39)46-37)31(40)26-24-22-20-18-16-14-12-10-8-6-4-2/h30-32,34-37,39-40,42-44H,3-29H2,1-2H3,(H,38,41)/t30-,31+,32+,34+,35?,36?,37+/m0/s1. The number of nitrogens with one attached hydrogen (secondary N) is 1. The Morgan fingerprint density at radius 2 is 1.09 bits per heavy atom. The molecule has 2 unspecified atom stereocenters. The maximum atomic E-state index is 12.8. The molecule has 0 bridgehead atoms. The van der Waals surface area contributed by atoms with Crippen LogP contribution in [0.3, 0.4) is 0 Å². The van der Waals surface area contributed by atoms with Crippen LogP contribution in [0.2, 0.25) is 0 Å². The molecule has 274 valence electrons. The SMILES string of the molecule is CCCCCCCCCCCCCCC(=O)N[C@@H](CO[C@@H]1O[C@H](CO)[C@@H](O)C(O)C1O)[C@H](O)CCCCCCCCCCCCC. The lowest BCUT2D eigenvalue weighted by molar-refractivity contribution is -0.302. The fourth-order valence-electron chi connectivity index (χ4n) is 6.28. The first-order valence-electron chi connectivity index (χ1n) is 19.2. The second-order valence-electron chi connectivity index (χ2n) is 13.7. The molecule has 0 aromatic carbocycles. The van der Waals surface area contributed by atoms with Crippen LogP contribution >= 0.6 is 0 Å². The Labute approximate surface area is 281 Å². The summed E-state index contributed by atoms with van der Waals surface area (Å²) in [4.78, 5) is 12.8. The van der Waals surface area contributed by atoms with Gasteiger partial charge in [0.2, 0.25) is 5.91 Å². The maximum absolute atomic E-state index is 12.8. The highest BCUT2D eigenvalue weighted by atomic mass is 16.7. The topological polar surface area (TPSA) is 149 Å². The Morgan fingerprint density at radius 3 is 1.54 bits per heavy atom. The second-order valence-corrected chi connectivity index (χ2v) is 13.7. The molecule has 1 heterocycles. The third kappa shape index (κ3) is 20.5. The van der Waals surface area contributed by atoms with Gasteiger partial charge in [-0.3, -0.25) is 4.79 Å². The van der Waals surface area contributed by atoms with Crippen LogP contribution in [-0.2, 0) is 14.3 Å². The van der Waals surface area contributed by atoms with Crippen molar-refractivity contribution in [2.24, 2.45) is 0 Å². The van der Waals surface area contributed by atoms with Gasteiger partial charge >= 0.3 is 0 Å². The normalized spacial score (nSPS) is 23.0. The van der Waals surface area contributed by atoms with E-state index in [4.69, 9.17) is 9.47 Å². The van der Waals surface area contributed by atoms with Crippen molar-refractivity contribution in [3.05, 3.63) is 0 Å². The maximum Gasteiger partial charge on any atom is 0.220 e. The molecule has 0 aromatic rings. The molecule has 1 saturated heterocycles. The average molecular weight is 660 g/mol. The molecule has 0 spiro atoms. The number of aliphatic hydroxyl groups excluding tert-OH is 5. The minimum atomic E-state index is -1.55. The van der Waals surface area contributed by atoms with Gasteiger partial charge in [-0.25, -0.2) is 0 Å². The number of hydrogen-bond acceptors (Lipinski definition) is 8. The highest BCUT2D eigenvalue weighted by Crippen LogP contribution is 2.23. The molecule has 1 aliphatic heterocycles. The molecule has 1 aliphatic rings. The van der Waals surface area contributed by atoms with Gasteiger partial charge in [0.25, 0.3) is 0 Å². The zero-order valence-electron chi connectivity index (χ0n) is 29.6. The van der Waals surface area contributed by atoms with Gasteiger partial charge in [-0.1, -0.05) is 155 Å². The quantitative estimate of drug-likeness (QED) is 0.0466. The number of ether oxygens (including phenoxy) is 2. The van der Waals surface area contributed by atoms with E-state index >= 15 is 0 Å². The number of hydrogen-bond donors (Lipinski definition) is 6. The first kappa shape index (κ1) is 43.2. The van der Waals surface area contributed by atoms with Gasteiger partial charge in [-0.15, -0.1) is 0 Å². The molecule has 9 nitrogen and oxygen atoms in total. The highest BCUT2D eigenvalue weighted by Gasteiger charge is 2.44. The molecule has 6 N–H and O–H groups in total. The van der Waals surface area contributed by atoms with Crippen molar-refractivity contribution < 1.29 is 39.8 Å². The van der Waals surface area contributed by atoms with Crippen LogP contribution in [0.25, 0.3) is 0 Å². The summed E-state index contributed by atoms with van der Waals surface area (Å²) in [5, 5.41) is 54.0. The van der Waals surface area contributed by atoms with Crippen molar-refractivity contribution in [3.63, 3.8) is 0 Å². The van der Waals surface area contributed by atoms with E-state index in [1.165, 1.54) is 109 Å². The Morgan fingerprint density at radius 1 is 0.652 bits per heavy atom. The summed E-state index contributed by atoms with van der Waals surface area (Å²) in [7, 11) is 0. The highest BCUT2D eigenvalue weighted by molar-refractivity contribution is 5.76. The first-order chi connectivity index (χ1) is 22.3. The van der Waals surface area contributed by atoms with Crippen molar-refractivity contribution in [1.82, 2.24) is 5.32 Å². The number of unbranched alkanes of at least 4 members (excludes halogenated alkanes) is 21. The average Bonchev–Trinajstić information content (AvgIpc) is 3.05. The Hall–Kier alpha value is -0.810. The molecular formula is C37H73NO8. The van der Waals surface area contributed by atoms with Crippen molar-refractivity contribution in [2.75, 3.05) is 13.2 Å². The summed E-state index contributed by atoms with van der Waals surface area (Å²) in [5.41, 5.74) is 0. The minimum absolute atomic E-state index is 0.133. The van der Waals surface area contributed by atoms with Gasteiger partial charge in [-0.05, 0) is 12.8 Å². The third-order valence-electron chi connectivity index (χ3n) is 9.46. The minimum Gasteiger partial charge on any atom is -0.394 e. The monoisotopic (exact) mass is 660 g/mol. The number of carbonyl (C=O) groups is 1. The van der Waals surface area contributed by atoms with E-state index in [9.17, 15) is 30.3 Å². The van der Waals surface area contributed by atoms with Crippen molar-refractivity contribution >= 4 is 5.91 Å². The van der Waals surface area contributed by atoms with Crippen molar-refractivity contribution in [1.29, 1.82) is 0 Å². The summed E-state index contributed by atoms with van der Waals surface area (Å²) in [6, 6.07) is -0.708. The van der Waals surface area contributed by atoms with Gasteiger partial charge in [0.1, 0.15) is 24.4 Å². The van der Waals surface area contributed by atoms with E-state index in [0.717, 1.165) is 38.5 Å². The number of carbonyl (C=O) groups excluding carboxylic acids is 1. The number of rotatable bonds is 31. The predicted octanol–water partition coefficient (Wildman–Crippen LogP) is 6.44. The summed E-state index contributed by atoms with van der Waals surface area (Å²) < 4.78 is 11.2. The molecule has 0 saturated carbocycles. The Kier molecular flexibility index (Phi) is 27.4. The lowest BCUT2D eigenvalue weighted by Gasteiger charge is -2.40. The predicted molar refractivity (Wildman–Crippen MR) is 184 cm³/mol. The lowest BCUT2D eigenvalue weighted by atomic mass is 9.99. The van der Waals surface area contributed by atoms with Gasteiger partial charge < -0.3 is 40.3 Å². The number of aliphatic hydroxyl groups is 5. The largest absolute Gasteiger partial charge is 0.394 e. The molecular weight excluding hydrogens is 586 g/mol.